The van der Waals surface area contributed by atoms with Gasteiger partial charge in [0.15, 0.2) is 0 Å². The predicted molar refractivity (Wildman–Crippen MR) is 42.4 cm³/mol. The highest BCUT2D eigenvalue weighted by molar-refractivity contribution is 5.75. The summed E-state index contributed by atoms with van der Waals surface area (Å²) < 4.78 is 0. The van der Waals surface area contributed by atoms with Crippen molar-refractivity contribution in [3.63, 3.8) is 0 Å². The number of fused-ring (bicyclic) bond motifs is 1. The van der Waals surface area contributed by atoms with E-state index in [9.17, 15) is 4.79 Å². The van der Waals surface area contributed by atoms with Gasteiger partial charge in [-0.15, -0.1) is 0 Å². The van der Waals surface area contributed by atoms with Gasteiger partial charge in [-0.05, 0) is 24.8 Å². The minimum absolute atomic E-state index is 0.227. The molecule has 0 amide bonds. The summed E-state index contributed by atoms with van der Waals surface area (Å²) in [5, 5.41) is 11.5. The molecule has 2 rings (SSSR count). The number of rotatable bonds is 1. The lowest BCUT2D eigenvalue weighted by Crippen LogP contribution is -2.34. The molecule has 0 aromatic carbocycles. The number of hydrogen-bond donors (Lipinski definition) is 2. The van der Waals surface area contributed by atoms with Gasteiger partial charge in [-0.2, -0.15) is 0 Å². The molecular formula is C8H15NO2. The summed E-state index contributed by atoms with van der Waals surface area (Å²) in [7, 11) is 0. The highest BCUT2D eigenvalue weighted by Crippen LogP contribution is 2.44. The van der Waals surface area contributed by atoms with Crippen LogP contribution in [0.4, 0.5) is 0 Å². The topological polar surface area (TPSA) is 49.3 Å². The van der Waals surface area contributed by atoms with Gasteiger partial charge in [0.1, 0.15) is 6.04 Å². The summed E-state index contributed by atoms with van der Waals surface area (Å²) in [4.78, 5) is 10.4. The summed E-state index contributed by atoms with van der Waals surface area (Å²) in [6, 6.07) is -0.227. The Kier molecular flexibility index (Phi) is 2.49. The molecule has 11 heavy (non-hydrogen) atoms. The molecule has 0 bridgehead atoms. The van der Waals surface area contributed by atoms with E-state index in [1.54, 1.807) is 0 Å². The zero-order valence-electron chi connectivity index (χ0n) is 7.00. The Labute approximate surface area is 66.8 Å². The first-order chi connectivity index (χ1) is 5.29. The number of carboxylic acids is 1. The van der Waals surface area contributed by atoms with Crippen LogP contribution in [-0.2, 0) is 4.79 Å². The maximum absolute atomic E-state index is 10.4. The molecule has 2 N–H and O–H groups in total. The van der Waals surface area contributed by atoms with E-state index in [4.69, 9.17) is 5.11 Å². The minimum Gasteiger partial charge on any atom is -0.480 e. The molecule has 64 valence electrons. The van der Waals surface area contributed by atoms with Gasteiger partial charge >= 0.3 is 5.97 Å². The normalized spacial score (nSPS) is 38.5. The molecule has 2 fully saturated rings. The molecule has 1 aliphatic carbocycles. The summed E-state index contributed by atoms with van der Waals surface area (Å²) >= 11 is 0. The van der Waals surface area contributed by atoms with Crippen molar-refractivity contribution in [2.45, 2.75) is 26.3 Å². The molecule has 0 spiro atoms. The van der Waals surface area contributed by atoms with Crippen molar-refractivity contribution in [3.05, 3.63) is 0 Å². The zero-order valence-corrected chi connectivity index (χ0v) is 7.00. The lowest BCUT2D eigenvalue weighted by molar-refractivity contribution is -0.139. The van der Waals surface area contributed by atoms with Crippen LogP contribution in [0.2, 0.25) is 0 Å². The van der Waals surface area contributed by atoms with E-state index in [1.165, 1.54) is 0 Å². The van der Waals surface area contributed by atoms with E-state index in [1.807, 2.05) is 13.8 Å². The quantitative estimate of drug-likeness (QED) is 0.589. The molecule has 3 unspecified atom stereocenters. The highest BCUT2D eigenvalue weighted by atomic mass is 16.4. The lowest BCUT2D eigenvalue weighted by atomic mass is 10.2. The van der Waals surface area contributed by atoms with Crippen LogP contribution < -0.4 is 5.32 Å². The Morgan fingerprint density at radius 1 is 1.55 bits per heavy atom. The first kappa shape index (κ1) is 8.53. The van der Waals surface area contributed by atoms with Crippen LogP contribution in [0, 0.1) is 11.8 Å². The van der Waals surface area contributed by atoms with Crippen LogP contribution in [0.3, 0.4) is 0 Å². The average molecular weight is 157 g/mol. The number of carbonyl (C=O) groups is 1. The van der Waals surface area contributed by atoms with E-state index in [2.05, 4.69) is 5.32 Å². The Morgan fingerprint density at radius 3 is 2.36 bits per heavy atom. The zero-order chi connectivity index (χ0) is 8.43. The van der Waals surface area contributed by atoms with E-state index in [0.29, 0.717) is 11.8 Å². The van der Waals surface area contributed by atoms with Crippen LogP contribution in [0.15, 0.2) is 0 Å². The van der Waals surface area contributed by atoms with Crippen LogP contribution in [0.5, 0.6) is 0 Å². The molecule has 1 heterocycles. The van der Waals surface area contributed by atoms with E-state index < -0.39 is 5.97 Å². The number of hydrogen-bond acceptors (Lipinski definition) is 2. The molecule has 0 aromatic rings. The minimum atomic E-state index is -0.681. The Balaban J connectivity index is 0.000000281. The van der Waals surface area contributed by atoms with E-state index >= 15 is 0 Å². The van der Waals surface area contributed by atoms with E-state index in [-0.39, 0.29) is 6.04 Å². The fourth-order valence-corrected chi connectivity index (χ4v) is 1.61. The number of carboxylic acid groups (broad SMARTS) is 1. The first-order valence-electron chi connectivity index (χ1n) is 4.25. The lowest BCUT2D eigenvalue weighted by Gasteiger charge is -2.04. The van der Waals surface area contributed by atoms with Crippen molar-refractivity contribution in [1.82, 2.24) is 5.32 Å². The number of piperidine rings is 1. The summed E-state index contributed by atoms with van der Waals surface area (Å²) in [6.07, 6.45) is 1.13. The Hall–Kier alpha value is -0.570. The van der Waals surface area contributed by atoms with Gasteiger partial charge in [-0.1, -0.05) is 13.8 Å². The molecule has 0 aromatic heterocycles. The highest BCUT2D eigenvalue weighted by Gasteiger charge is 2.51. The number of nitrogens with one attached hydrogen (secondary N) is 1. The van der Waals surface area contributed by atoms with Gasteiger partial charge in [0.25, 0.3) is 0 Å². The summed E-state index contributed by atoms with van der Waals surface area (Å²) in [5.41, 5.74) is 0. The monoisotopic (exact) mass is 157 g/mol. The third-order valence-electron chi connectivity index (χ3n) is 2.27. The van der Waals surface area contributed by atoms with Crippen molar-refractivity contribution >= 4 is 5.97 Å². The van der Waals surface area contributed by atoms with Gasteiger partial charge < -0.3 is 10.4 Å². The average Bonchev–Trinajstić information content (AvgIpc) is 2.66. The molecule has 3 nitrogen and oxygen atoms in total. The maximum atomic E-state index is 10.4. The summed E-state index contributed by atoms with van der Waals surface area (Å²) in [6.45, 7) is 4.92. The van der Waals surface area contributed by atoms with Crippen molar-refractivity contribution in [1.29, 1.82) is 0 Å². The second-order valence-corrected chi connectivity index (χ2v) is 2.88. The third-order valence-corrected chi connectivity index (χ3v) is 2.27. The predicted octanol–water partition coefficient (Wildman–Crippen LogP) is 0.705. The Morgan fingerprint density at radius 2 is 2.18 bits per heavy atom. The fourth-order valence-electron chi connectivity index (χ4n) is 1.61. The molecule has 0 radical (unpaired) electrons. The maximum Gasteiger partial charge on any atom is 0.320 e. The van der Waals surface area contributed by atoms with Crippen LogP contribution in [-0.4, -0.2) is 23.7 Å². The van der Waals surface area contributed by atoms with Gasteiger partial charge in [-0.25, -0.2) is 0 Å². The fraction of sp³-hybridized carbons (Fsp3) is 0.875. The van der Waals surface area contributed by atoms with E-state index in [0.717, 1.165) is 13.0 Å². The SMILES string of the molecule is CC.O=C(O)C1NCC2CC21. The van der Waals surface area contributed by atoms with Crippen LogP contribution in [0.25, 0.3) is 0 Å². The van der Waals surface area contributed by atoms with Crippen LogP contribution >= 0.6 is 0 Å². The molecule has 3 atom stereocenters. The van der Waals surface area contributed by atoms with Gasteiger partial charge in [0.2, 0.25) is 0 Å². The molecule has 3 heteroatoms. The molecule has 2 aliphatic rings. The van der Waals surface area contributed by atoms with Gasteiger partial charge in [0.05, 0.1) is 0 Å². The molecular weight excluding hydrogens is 142 g/mol. The second kappa shape index (κ2) is 3.22. The van der Waals surface area contributed by atoms with Crippen LogP contribution in [0.1, 0.15) is 20.3 Å². The van der Waals surface area contributed by atoms with Gasteiger partial charge in [-0.3, -0.25) is 4.79 Å². The Bertz CT molecular complexity index is 158. The number of aliphatic carboxylic acids is 1. The smallest absolute Gasteiger partial charge is 0.320 e. The van der Waals surface area contributed by atoms with Crippen molar-refractivity contribution in [2.75, 3.05) is 6.54 Å². The van der Waals surface area contributed by atoms with Crippen molar-refractivity contribution in [3.8, 4) is 0 Å². The standard InChI is InChI=1S/C6H9NO2.C2H6/c8-6(9)5-4-1-3(4)2-7-5;1-2/h3-5,7H,1-2H2,(H,8,9);1-2H3. The molecule has 1 saturated heterocycles. The van der Waals surface area contributed by atoms with Gasteiger partial charge in [0, 0.05) is 0 Å². The largest absolute Gasteiger partial charge is 0.480 e. The molecule has 1 saturated carbocycles. The molecule has 1 aliphatic heterocycles. The summed E-state index contributed by atoms with van der Waals surface area (Å²) in [5.74, 6) is 0.466. The third kappa shape index (κ3) is 1.53. The first-order valence-corrected chi connectivity index (χ1v) is 4.25. The van der Waals surface area contributed by atoms with Crippen molar-refractivity contribution < 1.29 is 9.90 Å². The van der Waals surface area contributed by atoms with Crippen molar-refractivity contribution in [2.24, 2.45) is 11.8 Å². The second-order valence-electron chi connectivity index (χ2n) is 2.88.